The second-order valence-corrected chi connectivity index (χ2v) is 4.08. The molecule has 80 valence electrons. The van der Waals surface area contributed by atoms with Crippen molar-refractivity contribution in [2.24, 2.45) is 0 Å². The molecule has 1 saturated heterocycles. The van der Waals surface area contributed by atoms with Crippen LogP contribution in [0.2, 0.25) is 0 Å². The van der Waals surface area contributed by atoms with Gasteiger partial charge in [-0.15, -0.1) is 0 Å². The Hall–Kier alpha value is -0.200. The Labute approximate surface area is 93.6 Å². The van der Waals surface area contributed by atoms with Crippen molar-refractivity contribution in [3.63, 3.8) is 0 Å². The highest BCUT2D eigenvalue weighted by atomic mass is 32.1. The van der Waals surface area contributed by atoms with E-state index in [0.717, 1.165) is 19.4 Å². The van der Waals surface area contributed by atoms with Crippen molar-refractivity contribution in [1.29, 1.82) is 0 Å². The lowest BCUT2D eigenvalue weighted by molar-refractivity contribution is -0.160. The maximum atomic E-state index is 11.3. The van der Waals surface area contributed by atoms with Crippen LogP contribution < -0.4 is 5.32 Å². The third-order valence-corrected chi connectivity index (χ3v) is 3.04. The molecule has 0 amide bonds. The minimum absolute atomic E-state index is 0.257. The molecule has 0 spiro atoms. The lowest BCUT2D eigenvalue weighted by Gasteiger charge is -2.10. The SMILES string of the molecule is O=C(OC(=O)[C@@H]1CCCN1)C(S)CS. The molecule has 1 unspecified atom stereocenters. The van der Waals surface area contributed by atoms with Crippen LogP contribution in [0.15, 0.2) is 0 Å². The summed E-state index contributed by atoms with van der Waals surface area (Å²) in [5.41, 5.74) is 0. The Morgan fingerprint density at radius 1 is 1.57 bits per heavy atom. The van der Waals surface area contributed by atoms with Gasteiger partial charge in [0, 0.05) is 5.75 Å². The number of carbonyl (C=O) groups is 2. The minimum Gasteiger partial charge on any atom is -0.391 e. The van der Waals surface area contributed by atoms with Gasteiger partial charge in [0.1, 0.15) is 11.3 Å². The van der Waals surface area contributed by atoms with Crippen molar-refractivity contribution in [3.05, 3.63) is 0 Å². The predicted molar refractivity (Wildman–Crippen MR) is 58.8 cm³/mol. The summed E-state index contributed by atoms with van der Waals surface area (Å²) in [6, 6.07) is -0.334. The monoisotopic (exact) mass is 235 g/mol. The smallest absolute Gasteiger partial charge is 0.330 e. The third kappa shape index (κ3) is 3.18. The molecule has 1 aliphatic heterocycles. The summed E-state index contributed by atoms with van der Waals surface area (Å²) in [5.74, 6) is -0.872. The number of hydrogen-bond donors (Lipinski definition) is 3. The normalized spacial score (nSPS) is 23.1. The zero-order chi connectivity index (χ0) is 10.6. The first kappa shape index (κ1) is 11.9. The Kier molecular flexibility index (Phi) is 4.77. The van der Waals surface area contributed by atoms with E-state index < -0.39 is 17.2 Å². The van der Waals surface area contributed by atoms with Crippen LogP contribution in [0.25, 0.3) is 0 Å². The molecule has 1 fully saturated rings. The van der Waals surface area contributed by atoms with Crippen LogP contribution in [-0.2, 0) is 14.3 Å². The highest BCUT2D eigenvalue weighted by Gasteiger charge is 2.27. The summed E-state index contributed by atoms with van der Waals surface area (Å²) in [6.45, 7) is 0.796. The van der Waals surface area contributed by atoms with Gasteiger partial charge in [-0.25, -0.2) is 4.79 Å². The molecule has 0 radical (unpaired) electrons. The van der Waals surface area contributed by atoms with Crippen LogP contribution in [0.5, 0.6) is 0 Å². The van der Waals surface area contributed by atoms with Gasteiger partial charge in [0.2, 0.25) is 0 Å². The van der Waals surface area contributed by atoms with Crippen molar-refractivity contribution >= 4 is 37.2 Å². The van der Waals surface area contributed by atoms with E-state index in [1.165, 1.54) is 0 Å². The van der Waals surface area contributed by atoms with Crippen molar-refractivity contribution in [2.45, 2.75) is 24.1 Å². The Balaban J connectivity index is 2.35. The average molecular weight is 235 g/mol. The second kappa shape index (κ2) is 5.63. The lowest BCUT2D eigenvalue weighted by Crippen LogP contribution is -2.35. The van der Waals surface area contributed by atoms with E-state index in [-0.39, 0.29) is 11.8 Å². The number of hydrogen-bond acceptors (Lipinski definition) is 6. The molecule has 1 N–H and O–H groups in total. The quantitative estimate of drug-likeness (QED) is 0.367. The fourth-order valence-corrected chi connectivity index (χ4v) is 1.40. The largest absolute Gasteiger partial charge is 0.391 e. The highest BCUT2D eigenvalue weighted by Crippen LogP contribution is 2.08. The number of ether oxygens (including phenoxy) is 1. The van der Waals surface area contributed by atoms with Crippen molar-refractivity contribution in [2.75, 3.05) is 12.3 Å². The Morgan fingerprint density at radius 3 is 2.79 bits per heavy atom. The van der Waals surface area contributed by atoms with Crippen LogP contribution in [-0.4, -0.2) is 35.5 Å². The summed E-state index contributed by atoms with van der Waals surface area (Å²) in [6.07, 6.45) is 1.66. The van der Waals surface area contributed by atoms with Crippen LogP contribution >= 0.6 is 25.3 Å². The topological polar surface area (TPSA) is 55.4 Å². The van der Waals surface area contributed by atoms with E-state index >= 15 is 0 Å². The number of carbonyl (C=O) groups excluding carboxylic acids is 2. The van der Waals surface area contributed by atoms with Crippen LogP contribution in [0.1, 0.15) is 12.8 Å². The first-order chi connectivity index (χ1) is 6.65. The van der Waals surface area contributed by atoms with E-state index in [1.807, 2.05) is 0 Å². The van der Waals surface area contributed by atoms with Gasteiger partial charge in [0.05, 0.1) is 0 Å². The second-order valence-electron chi connectivity index (χ2n) is 3.09. The molecule has 0 aliphatic carbocycles. The fraction of sp³-hybridized carbons (Fsp3) is 0.750. The van der Waals surface area contributed by atoms with Crippen molar-refractivity contribution in [3.8, 4) is 0 Å². The first-order valence-corrected chi connectivity index (χ1v) is 5.58. The molecule has 4 nitrogen and oxygen atoms in total. The van der Waals surface area contributed by atoms with Gasteiger partial charge >= 0.3 is 11.9 Å². The van der Waals surface area contributed by atoms with Gasteiger partial charge in [0.15, 0.2) is 0 Å². The zero-order valence-corrected chi connectivity index (χ0v) is 9.39. The summed E-state index contributed by atoms with van der Waals surface area (Å²) >= 11 is 7.80. The first-order valence-electron chi connectivity index (χ1n) is 4.43. The Morgan fingerprint density at radius 2 is 2.29 bits per heavy atom. The fourth-order valence-electron chi connectivity index (χ4n) is 1.20. The van der Waals surface area contributed by atoms with Gasteiger partial charge in [-0.1, -0.05) is 0 Å². The molecule has 2 atom stereocenters. The summed E-state index contributed by atoms with van der Waals surface area (Å²) < 4.78 is 4.62. The van der Waals surface area contributed by atoms with E-state index in [0.29, 0.717) is 0 Å². The summed E-state index contributed by atoms with van der Waals surface area (Å²) in [4.78, 5) is 22.5. The van der Waals surface area contributed by atoms with Crippen LogP contribution in [0, 0.1) is 0 Å². The van der Waals surface area contributed by atoms with E-state index in [9.17, 15) is 9.59 Å². The molecule has 0 aromatic heterocycles. The standard InChI is InChI=1S/C8H13NO3S2/c10-7(5-2-1-3-9-5)12-8(11)6(14)4-13/h5-6,9,13-14H,1-4H2/t5-,6?/m0/s1. The van der Waals surface area contributed by atoms with Gasteiger partial charge in [-0.3, -0.25) is 4.79 Å². The molecule has 1 aliphatic rings. The average Bonchev–Trinajstić information content (AvgIpc) is 2.69. The van der Waals surface area contributed by atoms with Crippen molar-refractivity contribution in [1.82, 2.24) is 5.32 Å². The molecular formula is C8H13NO3S2. The molecule has 1 rings (SSSR count). The highest BCUT2D eigenvalue weighted by molar-refractivity contribution is 7.85. The molecular weight excluding hydrogens is 222 g/mol. The number of esters is 2. The molecule has 0 aromatic carbocycles. The van der Waals surface area contributed by atoms with Gasteiger partial charge in [-0.2, -0.15) is 25.3 Å². The van der Waals surface area contributed by atoms with E-state index in [1.54, 1.807) is 0 Å². The number of rotatable bonds is 3. The Bertz CT molecular complexity index is 229. The maximum Gasteiger partial charge on any atom is 0.330 e. The van der Waals surface area contributed by atoms with Gasteiger partial charge in [0.25, 0.3) is 0 Å². The maximum absolute atomic E-state index is 11.3. The molecule has 0 saturated carbocycles. The summed E-state index contributed by atoms with van der Waals surface area (Å²) in [7, 11) is 0. The van der Waals surface area contributed by atoms with E-state index in [2.05, 4.69) is 35.3 Å². The van der Waals surface area contributed by atoms with Gasteiger partial charge in [-0.05, 0) is 19.4 Å². The van der Waals surface area contributed by atoms with Gasteiger partial charge < -0.3 is 10.1 Å². The predicted octanol–water partition coefficient (Wildman–Crippen LogP) is 0.0364. The molecule has 1 heterocycles. The van der Waals surface area contributed by atoms with Crippen LogP contribution in [0.3, 0.4) is 0 Å². The minimum atomic E-state index is -0.635. The van der Waals surface area contributed by atoms with Crippen LogP contribution in [0.4, 0.5) is 0 Å². The third-order valence-electron chi connectivity index (χ3n) is 1.99. The molecule has 6 heteroatoms. The lowest BCUT2D eigenvalue weighted by atomic mass is 10.2. The molecule has 0 aromatic rings. The number of thiol groups is 2. The van der Waals surface area contributed by atoms with E-state index in [4.69, 9.17) is 0 Å². The van der Waals surface area contributed by atoms with Crippen molar-refractivity contribution < 1.29 is 14.3 Å². The number of nitrogens with one attached hydrogen (secondary N) is 1. The molecule has 0 bridgehead atoms. The summed E-state index contributed by atoms with van der Waals surface area (Å²) in [5, 5.41) is 2.31. The zero-order valence-electron chi connectivity index (χ0n) is 7.60. The molecule has 14 heavy (non-hydrogen) atoms.